The third-order valence-electron chi connectivity index (χ3n) is 11.1. The Balaban J connectivity index is 1.47. The molecule has 0 aromatic heterocycles. The highest BCUT2D eigenvalue weighted by molar-refractivity contribution is 5.89. The molecule has 2 aliphatic heterocycles. The van der Waals surface area contributed by atoms with Crippen LogP contribution in [0.5, 0.6) is 0 Å². The maximum absolute atomic E-state index is 13.4. The summed E-state index contributed by atoms with van der Waals surface area (Å²) in [6.45, 7) is 8.54. The molecule has 0 spiro atoms. The van der Waals surface area contributed by atoms with Crippen molar-refractivity contribution in [1.82, 2.24) is 4.90 Å². The molecule has 1 aromatic carbocycles. The third kappa shape index (κ3) is 4.53. The van der Waals surface area contributed by atoms with E-state index in [1.807, 2.05) is 30.3 Å². The molecule has 2 heterocycles. The predicted octanol–water partition coefficient (Wildman–Crippen LogP) is 5.30. The fourth-order valence-corrected chi connectivity index (χ4v) is 9.04. The smallest absolute Gasteiger partial charge is 0.338 e. The number of benzene rings is 1. The van der Waals surface area contributed by atoms with Gasteiger partial charge in [0.25, 0.3) is 0 Å². The zero-order valence-corrected chi connectivity index (χ0v) is 22.9. The molecule has 5 rings (SSSR count). The summed E-state index contributed by atoms with van der Waals surface area (Å²) in [5.41, 5.74) is 0.437. The van der Waals surface area contributed by atoms with Crippen LogP contribution >= 0.6 is 0 Å². The van der Waals surface area contributed by atoms with Gasteiger partial charge in [0.2, 0.25) is 0 Å². The Kier molecular flexibility index (Phi) is 7.25. The van der Waals surface area contributed by atoms with Crippen molar-refractivity contribution in [2.45, 2.75) is 83.8 Å². The molecule has 37 heavy (non-hydrogen) atoms. The van der Waals surface area contributed by atoms with E-state index in [4.69, 9.17) is 9.47 Å². The summed E-state index contributed by atoms with van der Waals surface area (Å²) < 4.78 is 11.4. The lowest BCUT2D eigenvalue weighted by molar-refractivity contribution is -0.173. The second kappa shape index (κ2) is 10.2. The van der Waals surface area contributed by atoms with Crippen LogP contribution in [0.4, 0.5) is 0 Å². The molecule has 8 atom stereocenters. The number of hydrogen-bond acceptors (Lipinski definition) is 6. The van der Waals surface area contributed by atoms with Crippen LogP contribution in [0.3, 0.4) is 0 Å². The Morgan fingerprint density at radius 2 is 1.86 bits per heavy atom. The zero-order chi connectivity index (χ0) is 26.4. The first kappa shape index (κ1) is 26.4. The van der Waals surface area contributed by atoms with Crippen LogP contribution in [0.2, 0.25) is 0 Å². The molecule has 2 aliphatic carbocycles. The van der Waals surface area contributed by atoms with Gasteiger partial charge in [-0.25, -0.2) is 4.79 Å². The van der Waals surface area contributed by atoms with E-state index in [-0.39, 0.29) is 29.0 Å². The maximum Gasteiger partial charge on any atom is 0.338 e. The average molecular weight is 510 g/mol. The molecule has 2 saturated heterocycles. The van der Waals surface area contributed by atoms with Crippen molar-refractivity contribution in [2.24, 2.45) is 35.0 Å². The number of fused-ring (bicyclic) bond motifs is 5. The number of Topliss-reactive ketones (excluding diaryl/α,β-unsaturated/α-hetero) is 1. The Hall–Kier alpha value is -2.21. The molecular weight excluding hydrogens is 466 g/mol. The topological polar surface area (TPSA) is 72.9 Å². The number of carbonyl (C=O) groups excluding carboxylic acids is 3. The van der Waals surface area contributed by atoms with Crippen LogP contribution in [0, 0.1) is 35.0 Å². The lowest BCUT2D eigenvalue weighted by atomic mass is 9.49. The van der Waals surface area contributed by atoms with Gasteiger partial charge in [-0.15, -0.1) is 0 Å². The van der Waals surface area contributed by atoms with Gasteiger partial charge in [-0.2, -0.15) is 0 Å². The molecule has 4 aliphatic rings. The minimum absolute atomic E-state index is 0.0237. The van der Waals surface area contributed by atoms with E-state index in [9.17, 15) is 14.4 Å². The van der Waals surface area contributed by atoms with Crippen LogP contribution in [-0.2, 0) is 19.1 Å². The van der Waals surface area contributed by atoms with Crippen molar-refractivity contribution in [3.63, 3.8) is 0 Å². The zero-order valence-electron chi connectivity index (χ0n) is 22.9. The highest BCUT2D eigenvalue weighted by Crippen LogP contribution is 2.65. The molecule has 6 heteroatoms. The van der Waals surface area contributed by atoms with E-state index in [0.717, 1.165) is 45.1 Å². The van der Waals surface area contributed by atoms with Gasteiger partial charge < -0.3 is 9.47 Å². The number of esters is 2. The van der Waals surface area contributed by atoms with E-state index in [1.165, 1.54) is 7.11 Å². The summed E-state index contributed by atoms with van der Waals surface area (Å²) in [6, 6.07) is 9.33. The molecule has 0 N–H and O–H groups in total. The first-order chi connectivity index (χ1) is 17.7. The third-order valence-corrected chi connectivity index (χ3v) is 11.1. The van der Waals surface area contributed by atoms with Gasteiger partial charge in [-0.05, 0) is 93.7 Å². The maximum atomic E-state index is 13.4. The predicted molar refractivity (Wildman–Crippen MR) is 141 cm³/mol. The summed E-state index contributed by atoms with van der Waals surface area (Å²) in [4.78, 5) is 40.1. The summed E-state index contributed by atoms with van der Waals surface area (Å²) in [6.07, 6.45) is 6.78. The Morgan fingerprint density at radius 1 is 1.11 bits per heavy atom. The quantitative estimate of drug-likeness (QED) is 0.485. The normalized spacial score (nSPS) is 38.2. The monoisotopic (exact) mass is 509 g/mol. The van der Waals surface area contributed by atoms with E-state index in [2.05, 4.69) is 25.7 Å². The summed E-state index contributed by atoms with van der Waals surface area (Å²) >= 11 is 0. The lowest BCUT2D eigenvalue weighted by Crippen LogP contribution is -2.67. The average Bonchev–Trinajstić information content (AvgIpc) is 3.26. The van der Waals surface area contributed by atoms with Crippen molar-refractivity contribution >= 4 is 17.7 Å². The van der Waals surface area contributed by atoms with Gasteiger partial charge in [0.1, 0.15) is 11.9 Å². The molecular formula is C31H43NO5. The van der Waals surface area contributed by atoms with Crippen LogP contribution in [0.25, 0.3) is 0 Å². The number of ether oxygens (including phenoxy) is 2. The number of hydrogen-bond donors (Lipinski definition) is 0. The van der Waals surface area contributed by atoms with Crippen LogP contribution < -0.4 is 0 Å². The molecule has 5 unspecified atom stereocenters. The molecule has 1 aromatic rings. The van der Waals surface area contributed by atoms with Crippen molar-refractivity contribution in [1.29, 1.82) is 0 Å². The number of rotatable bonds is 6. The van der Waals surface area contributed by atoms with Crippen molar-refractivity contribution in [3.8, 4) is 0 Å². The SMILES string of the molecule is COC(=O)CCC(C)C1CCC2C3CCN4CC(=O)CC[C@]4(C)C3C[C@H](OC(=O)c3ccccc3)[C@]12C. The number of nitrogens with zero attached hydrogens (tertiary/aromatic N) is 1. The molecule has 0 bridgehead atoms. The number of piperidine rings is 2. The largest absolute Gasteiger partial charge is 0.469 e. The van der Waals surface area contributed by atoms with E-state index < -0.39 is 0 Å². The summed E-state index contributed by atoms with van der Waals surface area (Å²) in [7, 11) is 1.45. The van der Waals surface area contributed by atoms with Gasteiger partial charge in [0.15, 0.2) is 0 Å². The molecule has 0 radical (unpaired) electrons. The van der Waals surface area contributed by atoms with Crippen LogP contribution in [0.1, 0.15) is 82.5 Å². The molecule has 0 amide bonds. The molecule has 6 nitrogen and oxygen atoms in total. The lowest BCUT2D eigenvalue weighted by Gasteiger charge is -2.63. The Bertz CT molecular complexity index is 1030. The number of methoxy groups -OCH3 is 1. The highest BCUT2D eigenvalue weighted by atomic mass is 16.5. The Labute approximate surface area is 221 Å². The molecule has 4 fully saturated rings. The minimum Gasteiger partial charge on any atom is -0.469 e. The summed E-state index contributed by atoms with van der Waals surface area (Å²) in [5.74, 6) is 2.13. The fourth-order valence-electron chi connectivity index (χ4n) is 9.04. The standard InChI is InChI=1S/C31H43NO5/c1-20(10-13-28(34)36-4)24-11-12-25-23-15-17-32-19-22(33)14-16-30(32,2)26(23)18-27(31(24,25)3)37-29(35)21-8-6-5-7-9-21/h5-9,20,23-27H,10-19H2,1-4H3/t20?,23?,24?,25?,26?,27-,30+,31+/m0/s1. The van der Waals surface area contributed by atoms with Crippen molar-refractivity contribution in [2.75, 3.05) is 20.2 Å². The van der Waals surface area contributed by atoms with Crippen molar-refractivity contribution in [3.05, 3.63) is 35.9 Å². The molecule has 2 saturated carbocycles. The first-order valence-electron chi connectivity index (χ1n) is 14.3. The van der Waals surface area contributed by atoms with Crippen molar-refractivity contribution < 1.29 is 23.9 Å². The molecule has 202 valence electrons. The van der Waals surface area contributed by atoms with E-state index in [1.54, 1.807) is 0 Å². The van der Waals surface area contributed by atoms with Gasteiger partial charge in [0, 0.05) is 23.8 Å². The first-order valence-corrected chi connectivity index (χ1v) is 14.3. The second-order valence-corrected chi connectivity index (χ2v) is 12.6. The van der Waals surface area contributed by atoms with Gasteiger partial charge >= 0.3 is 11.9 Å². The van der Waals surface area contributed by atoms with Crippen LogP contribution in [-0.4, -0.2) is 54.5 Å². The minimum atomic E-state index is -0.242. The van der Waals surface area contributed by atoms with Gasteiger partial charge in [-0.3, -0.25) is 14.5 Å². The Morgan fingerprint density at radius 3 is 2.59 bits per heavy atom. The van der Waals surface area contributed by atoms with Gasteiger partial charge in [0.05, 0.1) is 19.2 Å². The second-order valence-electron chi connectivity index (χ2n) is 12.6. The highest BCUT2D eigenvalue weighted by Gasteiger charge is 2.64. The fraction of sp³-hybridized carbons (Fsp3) is 0.710. The van der Waals surface area contributed by atoms with E-state index in [0.29, 0.717) is 60.3 Å². The van der Waals surface area contributed by atoms with Gasteiger partial charge in [-0.1, -0.05) is 32.0 Å². The number of ketones is 1. The van der Waals surface area contributed by atoms with Crippen LogP contribution in [0.15, 0.2) is 30.3 Å². The number of carbonyl (C=O) groups is 3. The summed E-state index contributed by atoms with van der Waals surface area (Å²) in [5, 5.41) is 0. The van der Waals surface area contributed by atoms with E-state index >= 15 is 0 Å².